The second kappa shape index (κ2) is 11.0. The van der Waals surface area contributed by atoms with Gasteiger partial charge in [-0.1, -0.05) is 146 Å². The molecule has 9 rings (SSSR count). The van der Waals surface area contributed by atoms with Gasteiger partial charge in [0, 0.05) is 42.6 Å². The van der Waals surface area contributed by atoms with Crippen molar-refractivity contribution in [3.05, 3.63) is 176 Å². The Morgan fingerprint density at radius 3 is 1.52 bits per heavy atom. The van der Waals surface area contributed by atoms with E-state index in [1.807, 2.05) is 11.3 Å². The molecule has 0 unspecified atom stereocenters. The van der Waals surface area contributed by atoms with Crippen molar-refractivity contribution in [1.82, 2.24) is 4.57 Å². The first-order valence-electron chi connectivity index (χ1n) is 15.7. The van der Waals surface area contributed by atoms with Crippen molar-refractivity contribution in [3.8, 4) is 48.8 Å². The fourth-order valence-corrected chi connectivity index (χ4v) is 8.22. The zero-order chi connectivity index (χ0) is 30.5. The largest absolute Gasteiger partial charge is 0.309 e. The number of hydrogen-bond acceptors (Lipinski definition) is 1. The normalized spacial score (nSPS) is 11.5. The molecule has 0 radical (unpaired) electrons. The third-order valence-corrected chi connectivity index (χ3v) is 10.3. The van der Waals surface area contributed by atoms with Gasteiger partial charge in [-0.15, -0.1) is 11.3 Å². The smallest absolute Gasteiger partial charge is 0.0541 e. The zero-order valence-corrected chi connectivity index (χ0v) is 25.9. The second-order valence-electron chi connectivity index (χ2n) is 11.7. The average Bonchev–Trinajstić information content (AvgIpc) is 3.69. The molecule has 0 amide bonds. The first-order chi connectivity index (χ1) is 22.8. The van der Waals surface area contributed by atoms with E-state index in [0.29, 0.717) is 0 Å². The molecule has 2 heterocycles. The topological polar surface area (TPSA) is 4.93 Å². The monoisotopic (exact) mass is 603 g/mol. The molecular weight excluding hydrogens is 575 g/mol. The molecule has 0 bridgehead atoms. The van der Waals surface area contributed by atoms with Crippen molar-refractivity contribution in [2.75, 3.05) is 0 Å². The van der Waals surface area contributed by atoms with E-state index < -0.39 is 0 Å². The summed E-state index contributed by atoms with van der Waals surface area (Å²) in [6.07, 6.45) is 0. The quantitative estimate of drug-likeness (QED) is 0.184. The maximum absolute atomic E-state index is 2.41. The van der Waals surface area contributed by atoms with Gasteiger partial charge in [-0.25, -0.2) is 0 Å². The van der Waals surface area contributed by atoms with Gasteiger partial charge in [0.2, 0.25) is 0 Å². The number of fused-ring (bicyclic) bond motifs is 4. The minimum absolute atomic E-state index is 1.16. The molecular formula is C44H29NS. The van der Waals surface area contributed by atoms with Gasteiger partial charge in [-0.05, 0) is 58.1 Å². The van der Waals surface area contributed by atoms with Gasteiger partial charge in [0.25, 0.3) is 0 Å². The van der Waals surface area contributed by atoms with Crippen molar-refractivity contribution in [3.63, 3.8) is 0 Å². The fraction of sp³-hybridized carbons (Fsp3) is 0. The van der Waals surface area contributed by atoms with E-state index in [0.717, 1.165) is 5.69 Å². The molecule has 9 aromatic rings. The minimum Gasteiger partial charge on any atom is -0.309 e. The summed E-state index contributed by atoms with van der Waals surface area (Å²) in [5.74, 6) is 0. The van der Waals surface area contributed by atoms with E-state index in [4.69, 9.17) is 0 Å². The van der Waals surface area contributed by atoms with Gasteiger partial charge < -0.3 is 4.57 Å². The molecule has 0 spiro atoms. The van der Waals surface area contributed by atoms with E-state index >= 15 is 0 Å². The summed E-state index contributed by atoms with van der Waals surface area (Å²) in [7, 11) is 0. The molecule has 7 aromatic carbocycles. The molecule has 2 heteroatoms. The summed E-state index contributed by atoms with van der Waals surface area (Å²) in [4.78, 5) is 2.59. The maximum Gasteiger partial charge on any atom is 0.0541 e. The van der Waals surface area contributed by atoms with Gasteiger partial charge in [0.15, 0.2) is 0 Å². The van der Waals surface area contributed by atoms with Crippen LogP contribution in [0.4, 0.5) is 0 Å². The summed E-state index contributed by atoms with van der Waals surface area (Å²) in [5.41, 5.74) is 11.0. The van der Waals surface area contributed by atoms with Crippen molar-refractivity contribution >= 4 is 43.9 Å². The van der Waals surface area contributed by atoms with Crippen LogP contribution >= 0.6 is 11.3 Å². The molecule has 1 nitrogen and oxygen atoms in total. The van der Waals surface area contributed by atoms with Crippen LogP contribution in [0.5, 0.6) is 0 Å². The number of para-hydroxylation sites is 2. The average molecular weight is 604 g/mol. The highest BCUT2D eigenvalue weighted by Gasteiger charge is 2.19. The lowest BCUT2D eigenvalue weighted by atomic mass is 9.95. The van der Waals surface area contributed by atoms with Gasteiger partial charge in [-0.3, -0.25) is 0 Å². The first-order valence-corrected chi connectivity index (χ1v) is 16.5. The molecule has 2 aromatic heterocycles. The fourth-order valence-electron chi connectivity index (χ4n) is 6.90. The summed E-state index contributed by atoms with van der Waals surface area (Å²) in [5, 5.41) is 5.12. The number of thiophene rings is 1. The zero-order valence-electron chi connectivity index (χ0n) is 25.1. The predicted molar refractivity (Wildman–Crippen MR) is 198 cm³/mol. The lowest BCUT2D eigenvalue weighted by Crippen LogP contribution is -1.95. The molecule has 0 aliphatic carbocycles. The van der Waals surface area contributed by atoms with E-state index in [9.17, 15) is 0 Å². The molecule has 0 aliphatic heterocycles. The van der Waals surface area contributed by atoms with E-state index in [-0.39, 0.29) is 0 Å². The van der Waals surface area contributed by atoms with E-state index in [2.05, 4.69) is 180 Å². The van der Waals surface area contributed by atoms with Gasteiger partial charge in [0.1, 0.15) is 0 Å². The Labute approximate surface area is 272 Å². The molecule has 0 N–H and O–H groups in total. The van der Waals surface area contributed by atoms with E-state index in [1.165, 1.54) is 75.7 Å². The number of hydrogen-bond donors (Lipinski definition) is 0. The number of aromatic nitrogens is 1. The summed E-state index contributed by atoms with van der Waals surface area (Å²) < 4.78 is 2.41. The molecule has 0 saturated carbocycles. The number of nitrogens with zero attached hydrogens (tertiary/aromatic N) is 1. The van der Waals surface area contributed by atoms with Crippen LogP contribution in [-0.4, -0.2) is 4.57 Å². The van der Waals surface area contributed by atoms with Gasteiger partial charge in [-0.2, -0.15) is 0 Å². The Hall–Kier alpha value is -5.70. The van der Waals surface area contributed by atoms with Crippen LogP contribution in [0.15, 0.2) is 176 Å². The van der Waals surface area contributed by atoms with Crippen LogP contribution in [0.1, 0.15) is 0 Å². The lowest BCUT2D eigenvalue weighted by Gasteiger charge is -2.14. The van der Waals surface area contributed by atoms with Crippen LogP contribution in [0.2, 0.25) is 0 Å². The third kappa shape index (κ3) is 4.38. The standard InChI is InChI=1S/C44H29NS/c1-3-14-30(15-4-1)32-18-13-19-33(28-32)43-37-22-7-8-23-38(37)44(46-43)39-27-26-34(29-40(39)31-16-5-2-6-17-31)45-41-24-11-9-20-35(41)36-21-10-12-25-42(36)45/h1-29H. The Morgan fingerprint density at radius 2 is 0.848 bits per heavy atom. The van der Waals surface area contributed by atoms with Crippen molar-refractivity contribution in [2.24, 2.45) is 0 Å². The molecule has 0 atom stereocenters. The lowest BCUT2D eigenvalue weighted by molar-refractivity contribution is 1.18. The third-order valence-electron chi connectivity index (χ3n) is 9.02. The summed E-state index contributed by atoms with van der Waals surface area (Å²) >= 11 is 1.89. The highest BCUT2D eigenvalue weighted by molar-refractivity contribution is 7.21. The molecule has 0 aliphatic rings. The Kier molecular flexibility index (Phi) is 6.40. The molecule has 0 fully saturated rings. The molecule has 46 heavy (non-hydrogen) atoms. The maximum atomic E-state index is 2.41. The Bertz CT molecular complexity index is 2460. The molecule has 216 valence electrons. The predicted octanol–water partition coefficient (Wildman–Crippen LogP) is 12.7. The van der Waals surface area contributed by atoms with Crippen molar-refractivity contribution in [1.29, 1.82) is 0 Å². The summed E-state index contributed by atoms with van der Waals surface area (Å²) in [6, 6.07) is 63.8. The van der Waals surface area contributed by atoms with Crippen LogP contribution in [0.25, 0.3) is 81.4 Å². The highest BCUT2D eigenvalue weighted by Crippen LogP contribution is 2.48. The molecule has 0 saturated heterocycles. The first kappa shape index (κ1) is 26.7. The number of rotatable bonds is 5. The summed E-state index contributed by atoms with van der Waals surface area (Å²) in [6.45, 7) is 0. The minimum atomic E-state index is 1.16. The van der Waals surface area contributed by atoms with Crippen LogP contribution in [0, 0.1) is 0 Å². The SMILES string of the molecule is c1ccc(-c2cccc(-c3sc(-c4ccc(-n5c6ccccc6c6ccccc65)cc4-c4ccccc4)c4ccccc34)c2)cc1. The Balaban J connectivity index is 1.27. The second-order valence-corrected chi connectivity index (χ2v) is 12.7. The van der Waals surface area contributed by atoms with Crippen LogP contribution < -0.4 is 0 Å². The van der Waals surface area contributed by atoms with E-state index in [1.54, 1.807) is 0 Å². The number of benzene rings is 7. The van der Waals surface area contributed by atoms with Crippen molar-refractivity contribution in [2.45, 2.75) is 0 Å². The van der Waals surface area contributed by atoms with Crippen LogP contribution in [-0.2, 0) is 0 Å². The van der Waals surface area contributed by atoms with Gasteiger partial charge in [0.05, 0.1) is 11.0 Å². The van der Waals surface area contributed by atoms with Crippen molar-refractivity contribution < 1.29 is 0 Å². The Morgan fingerprint density at radius 1 is 0.326 bits per heavy atom. The van der Waals surface area contributed by atoms with Gasteiger partial charge >= 0.3 is 0 Å². The van der Waals surface area contributed by atoms with Crippen LogP contribution in [0.3, 0.4) is 0 Å². The highest BCUT2D eigenvalue weighted by atomic mass is 32.1.